The molecule has 2 fully saturated rings. The third kappa shape index (κ3) is 3.92. The molecule has 2 aromatic rings. The largest absolute Gasteiger partial charge is 0.357 e. The Hall–Kier alpha value is -3.16. The Balaban J connectivity index is 1.12. The predicted molar refractivity (Wildman–Crippen MR) is 128 cm³/mol. The van der Waals surface area contributed by atoms with E-state index in [4.69, 9.17) is 0 Å². The highest BCUT2D eigenvalue weighted by Crippen LogP contribution is 2.52. The van der Waals surface area contributed by atoms with Crippen molar-refractivity contribution < 1.29 is 9.59 Å². The van der Waals surface area contributed by atoms with E-state index in [-0.39, 0.29) is 35.5 Å². The topological polar surface area (TPSA) is 91.6 Å². The molecule has 2 N–H and O–H groups in total. The highest BCUT2D eigenvalue weighted by molar-refractivity contribution is 6.06. The van der Waals surface area contributed by atoms with Gasteiger partial charge >= 0.3 is 0 Å². The molecule has 1 saturated heterocycles. The van der Waals surface area contributed by atoms with E-state index in [9.17, 15) is 9.59 Å². The second kappa shape index (κ2) is 9.00. The molecule has 1 aromatic heterocycles. The highest BCUT2D eigenvalue weighted by atomic mass is 16.2. The van der Waals surface area contributed by atoms with E-state index in [1.54, 1.807) is 0 Å². The molecule has 2 aliphatic carbocycles. The standard InChI is InChI=1S/C25H32N6O2/c1-3-26-25(28-12-14-30-16(2)29-19-7-4-5-8-20(19)30)27-11-6-13-31-23(32)21-17-9-10-18(15-17)22(21)24(31)33/h4-5,7-10,17-18,21-22H,3,6,11-15H2,1-2H3,(H2,26,27,28). The summed E-state index contributed by atoms with van der Waals surface area (Å²) in [6, 6.07) is 8.15. The van der Waals surface area contributed by atoms with E-state index >= 15 is 0 Å². The molecular weight excluding hydrogens is 416 g/mol. The number of carbonyl (C=O) groups is 2. The van der Waals surface area contributed by atoms with Gasteiger partial charge < -0.3 is 15.2 Å². The fourth-order valence-electron chi connectivity index (χ4n) is 5.71. The lowest BCUT2D eigenvalue weighted by Crippen LogP contribution is -2.39. The van der Waals surface area contributed by atoms with Crippen LogP contribution in [0.25, 0.3) is 11.0 Å². The second-order valence-corrected chi connectivity index (χ2v) is 9.17. The normalized spacial score (nSPS) is 26.0. The fourth-order valence-corrected chi connectivity index (χ4v) is 5.71. The molecule has 33 heavy (non-hydrogen) atoms. The number of allylic oxidation sites excluding steroid dienone is 2. The van der Waals surface area contributed by atoms with E-state index in [1.165, 1.54) is 4.90 Å². The average Bonchev–Trinajstić information content (AvgIpc) is 3.55. The second-order valence-electron chi connectivity index (χ2n) is 9.17. The molecule has 1 aromatic carbocycles. The number of guanidine groups is 1. The fraction of sp³-hybridized carbons (Fsp3) is 0.520. The summed E-state index contributed by atoms with van der Waals surface area (Å²) in [7, 11) is 0. The number of hydrogen-bond acceptors (Lipinski definition) is 4. The smallest absolute Gasteiger partial charge is 0.233 e. The van der Waals surface area contributed by atoms with Crippen LogP contribution in [0.3, 0.4) is 0 Å². The van der Waals surface area contributed by atoms with Gasteiger partial charge in [-0.15, -0.1) is 0 Å². The van der Waals surface area contributed by atoms with Gasteiger partial charge in [-0.25, -0.2) is 4.98 Å². The summed E-state index contributed by atoms with van der Waals surface area (Å²) in [6.07, 6.45) is 5.90. The first-order valence-corrected chi connectivity index (χ1v) is 12.1. The van der Waals surface area contributed by atoms with Gasteiger partial charge in [0.2, 0.25) is 11.8 Å². The molecule has 3 aliphatic rings. The van der Waals surface area contributed by atoms with Crippen molar-refractivity contribution in [2.24, 2.45) is 28.7 Å². The first-order chi connectivity index (χ1) is 16.1. The van der Waals surface area contributed by atoms with Crippen LogP contribution in [0.4, 0.5) is 0 Å². The number of hydrogen-bond donors (Lipinski definition) is 2. The number of carbonyl (C=O) groups excluding carboxylic acids is 2. The SMILES string of the molecule is CCNC(=NCCCN1C(=O)C2C3C=CC(C3)C2C1=O)NCCn1c(C)nc2ccccc21. The van der Waals surface area contributed by atoms with Crippen LogP contribution in [0.2, 0.25) is 0 Å². The highest BCUT2D eigenvalue weighted by Gasteiger charge is 2.58. The molecule has 0 radical (unpaired) electrons. The Labute approximate surface area is 194 Å². The van der Waals surface area contributed by atoms with Crippen LogP contribution in [0, 0.1) is 30.6 Å². The molecular formula is C25H32N6O2. The number of rotatable bonds is 8. The molecule has 4 atom stereocenters. The van der Waals surface area contributed by atoms with Crippen molar-refractivity contribution in [2.75, 3.05) is 26.2 Å². The van der Waals surface area contributed by atoms with Gasteiger partial charge in [0.15, 0.2) is 5.96 Å². The Morgan fingerprint density at radius 3 is 2.55 bits per heavy atom. The Morgan fingerprint density at radius 2 is 1.82 bits per heavy atom. The van der Waals surface area contributed by atoms with Crippen LogP contribution in [0.1, 0.15) is 25.6 Å². The van der Waals surface area contributed by atoms with Crippen molar-refractivity contribution in [1.82, 2.24) is 25.1 Å². The van der Waals surface area contributed by atoms with Crippen molar-refractivity contribution in [3.05, 3.63) is 42.2 Å². The van der Waals surface area contributed by atoms with Crippen molar-refractivity contribution in [3.8, 4) is 0 Å². The number of amides is 2. The van der Waals surface area contributed by atoms with Crippen LogP contribution in [-0.4, -0.2) is 58.4 Å². The minimum Gasteiger partial charge on any atom is -0.357 e. The zero-order chi connectivity index (χ0) is 22.9. The predicted octanol–water partition coefficient (Wildman–Crippen LogP) is 2.10. The first-order valence-electron chi connectivity index (χ1n) is 12.1. The summed E-state index contributed by atoms with van der Waals surface area (Å²) >= 11 is 0. The third-order valence-corrected chi connectivity index (χ3v) is 7.19. The van der Waals surface area contributed by atoms with Crippen molar-refractivity contribution in [3.63, 3.8) is 0 Å². The number of nitrogens with zero attached hydrogens (tertiary/aromatic N) is 4. The molecule has 1 saturated carbocycles. The summed E-state index contributed by atoms with van der Waals surface area (Å²) in [4.78, 5) is 36.3. The van der Waals surface area contributed by atoms with Crippen LogP contribution in [0.5, 0.6) is 0 Å². The zero-order valence-corrected chi connectivity index (χ0v) is 19.3. The minimum atomic E-state index is -0.113. The Morgan fingerprint density at radius 1 is 1.09 bits per heavy atom. The maximum Gasteiger partial charge on any atom is 0.233 e. The monoisotopic (exact) mass is 448 g/mol. The maximum absolute atomic E-state index is 12.8. The lowest BCUT2D eigenvalue weighted by atomic mass is 9.85. The van der Waals surface area contributed by atoms with E-state index in [1.807, 2.05) is 32.0 Å². The van der Waals surface area contributed by atoms with Gasteiger partial charge in [-0.2, -0.15) is 0 Å². The van der Waals surface area contributed by atoms with Crippen molar-refractivity contribution in [2.45, 2.75) is 33.2 Å². The lowest BCUT2D eigenvalue weighted by molar-refractivity contribution is -0.140. The Bertz CT molecular complexity index is 1090. The number of imidazole rings is 1. The zero-order valence-electron chi connectivity index (χ0n) is 19.3. The van der Waals surface area contributed by atoms with Gasteiger partial charge in [0.1, 0.15) is 5.82 Å². The molecule has 8 nitrogen and oxygen atoms in total. The van der Waals surface area contributed by atoms with Gasteiger partial charge in [-0.05, 0) is 50.7 Å². The number of aryl methyl sites for hydroxylation is 1. The molecule has 4 unspecified atom stereocenters. The molecule has 1 aliphatic heterocycles. The number of para-hydroxylation sites is 2. The average molecular weight is 449 g/mol. The molecule has 2 bridgehead atoms. The molecule has 0 spiro atoms. The quantitative estimate of drug-likeness (QED) is 0.212. The van der Waals surface area contributed by atoms with Crippen LogP contribution in [0.15, 0.2) is 41.4 Å². The lowest BCUT2D eigenvalue weighted by Gasteiger charge is -2.17. The summed E-state index contributed by atoms with van der Waals surface area (Å²) in [6.45, 7) is 7.33. The van der Waals surface area contributed by atoms with Gasteiger partial charge in [0.05, 0.1) is 22.9 Å². The molecule has 174 valence electrons. The van der Waals surface area contributed by atoms with E-state index in [0.717, 1.165) is 48.9 Å². The molecule has 2 heterocycles. The first kappa shape index (κ1) is 21.7. The number of aliphatic imine (C=N–C) groups is 1. The Kier molecular flexibility index (Phi) is 5.91. The molecule has 2 amide bonds. The van der Waals surface area contributed by atoms with E-state index in [2.05, 4.69) is 43.4 Å². The van der Waals surface area contributed by atoms with Gasteiger partial charge in [-0.1, -0.05) is 24.3 Å². The summed E-state index contributed by atoms with van der Waals surface area (Å²) in [5.41, 5.74) is 2.14. The van der Waals surface area contributed by atoms with Crippen LogP contribution < -0.4 is 10.6 Å². The van der Waals surface area contributed by atoms with Gasteiger partial charge in [0, 0.05) is 32.7 Å². The van der Waals surface area contributed by atoms with Gasteiger partial charge in [-0.3, -0.25) is 19.5 Å². The van der Waals surface area contributed by atoms with E-state index in [0.29, 0.717) is 19.5 Å². The number of likely N-dealkylation sites (tertiary alicyclic amines) is 1. The van der Waals surface area contributed by atoms with Crippen LogP contribution in [-0.2, 0) is 16.1 Å². The summed E-state index contributed by atoms with van der Waals surface area (Å²) in [5, 5.41) is 6.65. The van der Waals surface area contributed by atoms with Gasteiger partial charge in [0.25, 0.3) is 0 Å². The number of fused-ring (bicyclic) bond motifs is 6. The maximum atomic E-state index is 12.8. The number of nitrogens with one attached hydrogen (secondary N) is 2. The summed E-state index contributed by atoms with van der Waals surface area (Å²) < 4.78 is 2.20. The van der Waals surface area contributed by atoms with Crippen molar-refractivity contribution >= 4 is 28.8 Å². The summed E-state index contributed by atoms with van der Waals surface area (Å²) in [5.74, 6) is 2.10. The van der Waals surface area contributed by atoms with Crippen molar-refractivity contribution in [1.29, 1.82) is 0 Å². The number of imide groups is 1. The van der Waals surface area contributed by atoms with Crippen LogP contribution >= 0.6 is 0 Å². The third-order valence-electron chi connectivity index (χ3n) is 7.19. The minimum absolute atomic E-state index is 0.0267. The molecule has 5 rings (SSSR count). The molecule has 8 heteroatoms. The number of benzene rings is 1. The number of aromatic nitrogens is 2. The van der Waals surface area contributed by atoms with E-state index < -0.39 is 0 Å².